The number of ether oxygens (including phenoxy) is 1. The lowest BCUT2D eigenvalue weighted by Crippen LogP contribution is -2.06. The second-order valence-electron chi connectivity index (χ2n) is 7.00. The maximum absolute atomic E-state index is 12.0. The molecule has 1 heterocycles. The Bertz CT molecular complexity index is 666. The number of carbonyl (C=O) groups is 1. The van der Waals surface area contributed by atoms with Crippen LogP contribution in [0, 0.1) is 0 Å². The van der Waals surface area contributed by atoms with Gasteiger partial charge in [0.05, 0.1) is 12.2 Å². The largest absolute Gasteiger partial charge is 0.462 e. The molecule has 0 aliphatic carbocycles. The van der Waals surface area contributed by atoms with Gasteiger partial charge in [0.2, 0.25) is 0 Å². The molecule has 0 amide bonds. The lowest BCUT2D eigenvalue weighted by atomic mass is 10.1. The smallest absolute Gasteiger partial charge is 0.338 e. The van der Waals surface area contributed by atoms with Crippen molar-refractivity contribution in [3.05, 3.63) is 47.8 Å². The van der Waals surface area contributed by atoms with E-state index in [2.05, 4.69) is 23.8 Å². The van der Waals surface area contributed by atoms with E-state index in [4.69, 9.17) is 4.74 Å². The SMILES string of the molecule is CCCCCCCc1cnc(-c2ccc(C(=O)OCCCCC)cc2)nc1. The molecule has 0 saturated carbocycles. The number of carbonyl (C=O) groups excluding carboxylic acids is 1. The Morgan fingerprint density at radius 3 is 2.15 bits per heavy atom. The monoisotopic (exact) mass is 368 g/mol. The van der Waals surface area contributed by atoms with Crippen LogP contribution in [0.1, 0.15) is 81.1 Å². The van der Waals surface area contributed by atoms with Crippen molar-refractivity contribution in [3.63, 3.8) is 0 Å². The second kappa shape index (κ2) is 12.2. The maximum atomic E-state index is 12.0. The standard InChI is InChI=1S/C23H32N2O2/c1-3-5-7-8-9-11-19-17-24-22(25-18-19)20-12-14-21(15-13-20)23(26)27-16-10-6-4-2/h12-15,17-18H,3-11,16H2,1-2H3. The molecule has 0 aliphatic rings. The summed E-state index contributed by atoms with van der Waals surface area (Å²) >= 11 is 0. The number of benzene rings is 1. The van der Waals surface area contributed by atoms with Crippen molar-refractivity contribution in [3.8, 4) is 11.4 Å². The van der Waals surface area contributed by atoms with E-state index in [9.17, 15) is 4.79 Å². The van der Waals surface area contributed by atoms with Gasteiger partial charge in [-0.3, -0.25) is 0 Å². The minimum Gasteiger partial charge on any atom is -0.462 e. The molecular weight excluding hydrogens is 336 g/mol. The highest BCUT2D eigenvalue weighted by molar-refractivity contribution is 5.89. The molecule has 0 saturated heterocycles. The average molecular weight is 369 g/mol. The van der Waals surface area contributed by atoms with Crippen LogP contribution in [0.3, 0.4) is 0 Å². The van der Waals surface area contributed by atoms with E-state index < -0.39 is 0 Å². The molecule has 4 nitrogen and oxygen atoms in total. The molecule has 1 aromatic heterocycles. The average Bonchev–Trinajstić information content (AvgIpc) is 2.71. The zero-order valence-corrected chi connectivity index (χ0v) is 16.7. The second-order valence-corrected chi connectivity index (χ2v) is 7.00. The third-order valence-electron chi connectivity index (χ3n) is 4.63. The third kappa shape index (κ3) is 7.49. The number of aromatic nitrogens is 2. The van der Waals surface area contributed by atoms with Crippen molar-refractivity contribution >= 4 is 5.97 Å². The summed E-state index contributed by atoms with van der Waals surface area (Å²) in [7, 11) is 0. The Labute approximate surface area is 163 Å². The van der Waals surface area contributed by atoms with E-state index in [1.165, 1.54) is 37.7 Å². The molecule has 146 valence electrons. The van der Waals surface area contributed by atoms with Gasteiger partial charge in [0.1, 0.15) is 0 Å². The number of rotatable bonds is 12. The van der Waals surface area contributed by atoms with E-state index in [-0.39, 0.29) is 5.97 Å². The highest BCUT2D eigenvalue weighted by atomic mass is 16.5. The lowest BCUT2D eigenvalue weighted by molar-refractivity contribution is 0.0498. The van der Waals surface area contributed by atoms with Crippen LogP contribution in [0.5, 0.6) is 0 Å². The van der Waals surface area contributed by atoms with Gasteiger partial charge in [-0.05, 0) is 37.0 Å². The van der Waals surface area contributed by atoms with E-state index in [0.717, 1.165) is 31.2 Å². The van der Waals surface area contributed by atoms with Gasteiger partial charge >= 0.3 is 5.97 Å². The van der Waals surface area contributed by atoms with Gasteiger partial charge in [-0.25, -0.2) is 14.8 Å². The molecule has 0 aliphatic heterocycles. The Morgan fingerprint density at radius 1 is 0.852 bits per heavy atom. The predicted octanol–water partition coefficient (Wildman–Crippen LogP) is 6.00. The van der Waals surface area contributed by atoms with Crippen LogP contribution in [0.4, 0.5) is 0 Å². The summed E-state index contributed by atoms with van der Waals surface area (Å²) in [5.74, 6) is 0.421. The zero-order valence-electron chi connectivity index (χ0n) is 16.7. The molecule has 27 heavy (non-hydrogen) atoms. The number of hydrogen-bond acceptors (Lipinski definition) is 4. The summed E-state index contributed by atoms with van der Waals surface area (Å²) in [5, 5.41) is 0. The van der Waals surface area contributed by atoms with E-state index in [0.29, 0.717) is 18.0 Å². The third-order valence-corrected chi connectivity index (χ3v) is 4.63. The van der Waals surface area contributed by atoms with Crippen molar-refractivity contribution in [1.82, 2.24) is 9.97 Å². The molecule has 0 radical (unpaired) electrons. The molecule has 2 rings (SSSR count). The molecular formula is C23H32N2O2. The van der Waals surface area contributed by atoms with Crippen LogP contribution < -0.4 is 0 Å². The van der Waals surface area contributed by atoms with Crippen molar-refractivity contribution < 1.29 is 9.53 Å². The van der Waals surface area contributed by atoms with Crippen LogP contribution in [-0.4, -0.2) is 22.5 Å². The number of nitrogens with zero attached hydrogens (tertiary/aromatic N) is 2. The van der Waals surface area contributed by atoms with Gasteiger partial charge in [-0.2, -0.15) is 0 Å². The minimum absolute atomic E-state index is 0.267. The highest BCUT2D eigenvalue weighted by Gasteiger charge is 2.08. The normalized spacial score (nSPS) is 10.7. The molecule has 0 fully saturated rings. The van der Waals surface area contributed by atoms with Gasteiger partial charge in [0, 0.05) is 18.0 Å². The zero-order chi connectivity index (χ0) is 19.3. The van der Waals surface area contributed by atoms with Crippen LogP contribution in [0.25, 0.3) is 11.4 Å². The summed E-state index contributed by atoms with van der Waals surface area (Å²) < 4.78 is 5.28. The Morgan fingerprint density at radius 2 is 1.48 bits per heavy atom. The predicted molar refractivity (Wildman–Crippen MR) is 110 cm³/mol. The van der Waals surface area contributed by atoms with Crippen molar-refractivity contribution in [2.24, 2.45) is 0 Å². The molecule has 0 N–H and O–H groups in total. The highest BCUT2D eigenvalue weighted by Crippen LogP contribution is 2.17. The van der Waals surface area contributed by atoms with E-state index >= 15 is 0 Å². The summed E-state index contributed by atoms with van der Waals surface area (Å²) in [6.45, 7) is 4.84. The summed E-state index contributed by atoms with van der Waals surface area (Å²) in [5.41, 5.74) is 2.66. The fourth-order valence-electron chi connectivity index (χ4n) is 2.92. The van der Waals surface area contributed by atoms with Gasteiger partial charge in [0.15, 0.2) is 5.82 Å². The Kier molecular flexibility index (Phi) is 9.53. The Hall–Kier alpha value is -2.23. The van der Waals surface area contributed by atoms with Crippen LogP contribution in [0.15, 0.2) is 36.7 Å². The van der Waals surface area contributed by atoms with Crippen LogP contribution in [0.2, 0.25) is 0 Å². The number of unbranched alkanes of at least 4 members (excludes halogenated alkanes) is 6. The quantitative estimate of drug-likeness (QED) is 0.340. The molecule has 1 aromatic carbocycles. The first kappa shape index (κ1) is 21.1. The molecule has 0 atom stereocenters. The van der Waals surface area contributed by atoms with E-state index in [1.54, 1.807) is 12.1 Å². The summed E-state index contributed by atoms with van der Waals surface area (Å²) in [4.78, 5) is 21.0. The van der Waals surface area contributed by atoms with Crippen LogP contribution >= 0.6 is 0 Å². The fraction of sp³-hybridized carbons (Fsp3) is 0.522. The first-order valence-electron chi connectivity index (χ1n) is 10.3. The van der Waals surface area contributed by atoms with Gasteiger partial charge in [0.25, 0.3) is 0 Å². The van der Waals surface area contributed by atoms with Crippen molar-refractivity contribution in [2.75, 3.05) is 6.61 Å². The number of esters is 1. The van der Waals surface area contributed by atoms with E-state index in [1.807, 2.05) is 24.5 Å². The number of aryl methyl sites for hydroxylation is 1. The molecule has 0 bridgehead atoms. The first-order valence-corrected chi connectivity index (χ1v) is 10.3. The van der Waals surface area contributed by atoms with Gasteiger partial charge < -0.3 is 4.74 Å². The summed E-state index contributed by atoms with van der Waals surface area (Å²) in [6.07, 6.45) is 14.3. The number of hydrogen-bond donors (Lipinski definition) is 0. The van der Waals surface area contributed by atoms with Crippen LogP contribution in [-0.2, 0) is 11.2 Å². The van der Waals surface area contributed by atoms with Crippen molar-refractivity contribution in [1.29, 1.82) is 0 Å². The van der Waals surface area contributed by atoms with Crippen molar-refractivity contribution in [2.45, 2.75) is 71.6 Å². The van der Waals surface area contributed by atoms with Gasteiger partial charge in [-0.15, -0.1) is 0 Å². The minimum atomic E-state index is -0.267. The maximum Gasteiger partial charge on any atom is 0.338 e. The fourth-order valence-corrected chi connectivity index (χ4v) is 2.92. The summed E-state index contributed by atoms with van der Waals surface area (Å²) in [6, 6.07) is 7.32. The topological polar surface area (TPSA) is 52.1 Å². The molecule has 0 spiro atoms. The lowest BCUT2D eigenvalue weighted by Gasteiger charge is -2.06. The Balaban J connectivity index is 1.84. The van der Waals surface area contributed by atoms with Gasteiger partial charge in [-0.1, -0.05) is 64.5 Å². The molecule has 0 unspecified atom stereocenters. The first-order chi connectivity index (χ1) is 13.2. The molecule has 4 heteroatoms. The molecule has 2 aromatic rings.